The van der Waals surface area contributed by atoms with Crippen LogP contribution in [-0.4, -0.2) is 38.4 Å². The lowest BCUT2D eigenvalue weighted by atomic mass is 9.81. The van der Waals surface area contributed by atoms with Crippen molar-refractivity contribution in [2.24, 2.45) is 11.8 Å². The summed E-state index contributed by atoms with van der Waals surface area (Å²) in [5.74, 6) is 2.79. The van der Waals surface area contributed by atoms with Crippen molar-refractivity contribution in [3.8, 4) is 11.5 Å². The number of nitrogens with one attached hydrogen (secondary N) is 1. The fourth-order valence-corrected chi connectivity index (χ4v) is 5.68. The van der Waals surface area contributed by atoms with Crippen LogP contribution in [0.3, 0.4) is 0 Å². The summed E-state index contributed by atoms with van der Waals surface area (Å²) in [5, 5.41) is 0. The molecule has 34 heavy (non-hydrogen) atoms. The van der Waals surface area contributed by atoms with Crippen molar-refractivity contribution in [1.82, 2.24) is 4.90 Å². The standard InChI is InChI=1S/C27H36N2O4S/c1-34(31,32)28-24-9-13-26(14-10-24)33-25-11-7-22(8-12-25)20-29-17-15-23(16-18-29)27(30)19-21-5-3-2-4-6-21/h7-14,21,23,28H,2-6,15-20H2,1H3. The Morgan fingerprint density at radius 2 is 1.50 bits per heavy atom. The van der Waals surface area contributed by atoms with Crippen LogP contribution >= 0.6 is 0 Å². The van der Waals surface area contributed by atoms with Crippen molar-refractivity contribution in [3.05, 3.63) is 54.1 Å². The number of benzene rings is 2. The Kier molecular flexibility index (Phi) is 8.27. The van der Waals surface area contributed by atoms with E-state index in [9.17, 15) is 13.2 Å². The molecule has 0 aromatic heterocycles. The summed E-state index contributed by atoms with van der Waals surface area (Å²) in [6.45, 7) is 2.84. The van der Waals surface area contributed by atoms with Gasteiger partial charge in [-0.3, -0.25) is 14.4 Å². The number of carbonyl (C=O) groups is 1. The maximum absolute atomic E-state index is 12.7. The highest BCUT2D eigenvalue weighted by Crippen LogP contribution is 2.30. The molecule has 2 aromatic carbocycles. The Hall–Kier alpha value is -2.38. The van der Waals surface area contributed by atoms with E-state index in [1.807, 2.05) is 12.1 Å². The van der Waals surface area contributed by atoms with E-state index in [0.717, 1.165) is 50.9 Å². The summed E-state index contributed by atoms with van der Waals surface area (Å²) >= 11 is 0. The Morgan fingerprint density at radius 1 is 0.912 bits per heavy atom. The Labute approximate surface area is 203 Å². The van der Waals surface area contributed by atoms with Crippen LogP contribution in [-0.2, 0) is 21.4 Å². The molecule has 0 radical (unpaired) electrons. The molecule has 1 saturated heterocycles. The highest BCUT2D eigenvalue weighted by Gasteiger charge is 2.27. The van der Waals surface area contributed by atoms with Gasteiger partial charge in [0.1, 0.15) is 17.3 Å². The van der Waals surface area contributed by atoms with Crippen LogP contribution in [0.4, 0.5) is 5.69 Å². The second-order valence-electron chi connectivity index (χ2n) is 9.87. The van der Waals surface area contributed by atoms with Crippen LogP contribution in [0.25, 0.3) is 0 Å². The molecule has 0 bridgehead atoms. The molecule has 1 N–H and O–H groups in total. The molecule has 0 atom stereocenters. The maximum atomic E-state index is 12.7. The third kappa shape index (κ3) is 7.57. The molecule has 2 aliphatic rings. The predicted octanol–water partition coefficient (Wildman–Crippen LogP) is 5.60. The molecule has 1 aliphatic heterocycles. The van der Waals surface area contributed by atoms with Crippen molar-refractivity contribution in [1.29, 1.82) is 0 Å². The lowest BCUT2D eigenvalue weighted by molar-refractivity contribution is -0.125. The molecule has 0 spiro atoms. The van der Waals surface area contributed by atoms with Gasteiger partial charge < -0.3 is 4.74 Å². The van der Waals surface area contributed by atoms with Gasteiger partial charge in [-0.25, -0.2) is 8.42 Å². The molecule has 0 unspecified atom stereocenters. The predicted molar refractivity (Wildman–Crippen MR) is 136 cm³/mol. The number of nitrogens with zero attached hydrogens (tertiary/aromatic N) is 1. The average Bonchev–Trinajstić information content (AvgIpc) is 2.82. The largest absolute Gasteiger partial charge is 0.457 e. The first kappa shape index (κ1) is 24.7. The van der Waals surface area contributed by atoms with Crippen LogP contribution in [0.2, 0.25) is 0 Å². The number of sulfonamides is 1. The third-order valence-electron chi connectivity index (χ3n) is 6.98. The van der Waals surface area contributed by atoms with Gasteiger partial charge in [-0.05, 0) is 73.8 Å². The molecule has 4 rings (SSSR count). The number of hydrogen-bond donors (Lipinski definition) is 1. The Bertz CT molecular complexity index is 1040. The molecule has 6 nitrogen and oxygen atoms in total. The number of Topliss-reactive ketones (excluding diaryl/α,β-unsaturated/α-hetero) is 1. The smallest absolute Gasteiger partial charge is 0.229 e. The van der Waals surface area contributed by atoms with Crippen LogP contribution in [0, 0.1) is 11.8 Å². The highest BCUT2D eigenvalue weighted by molar-refractivity contribution is 7.92. The minimum absolute atomic E-state index is 0.257. The van der Waals surface area contributed by atoms with Crippen molar-refractivity contribution in [2.45, 2.75) is 57.9 Å². The summed E-state index contributed by atoms with van der Waals surface area (Å²) < 4.78 is 30.9. The van der Waals surface area contributed by atoms with Gasteiger partial charge in [-0.2, -0.15) is 0 Å². The number of anilines is 1. The number of carbonyl (C=O) groups excluding carboxylic acids is 1. The summed E-state index contributed by atoms with van der Waals surface area (Å²) in [5.41, 5.74) is 1.73. The second-order valence-corrected chi connectivity index (χ2v) is 11.6. The van der Waals surface area contributed by atoms with Gasteiger partial charge in [-0.1, -0.05) is 44.2 Å². The van der Waals surface area contributed by atoms with Gasteiger partial charge in [0.25, 0.3) is 0 Å². The zero-order chi connectivity index (χ0) is 24.0. The molecule has 1 saturated carbocycles. The van der Waals surface area contributed by atoms with Crippen LogP contribution < -0.4 is 9.46 Å². The van der Waals surface area contributed by atoms with Gasteiger partial charge in [0.15, 0.2) is 0 Å². The molecule has 2 fully saturated rings. The zero-order valence-electron chi connectivity index (χ0n) is 20.0. The van der Waals surface area contributed by atoms with Gasteiger partial charge in [0, 0.05) is 24.6 Å². The number of rotatable bonds is 9. The summed E-state index contributed by atoms with van der Waals surface area (Å²) in [6.07, 6.45) is 10.3. The van der Waals surface area contributed by atoms with E-state index in [1.165, 1.54) is 37.7 Å². The first-order chi connectivity index (χ1) is 16.3. The summed E-state index contributed by atoms with van der Waals surface area (Å²) in [4.78, 5) is 15.2. The molecule has 7 heteroatoms. The van der Waals surface area contributed by atoms with Gasteiger partial charge in [-0.15, -0.1) is 0 Å². The molecule has 1 aliphatic carbocycles. The fourth-order valence-electron chi connectivity index (χ4n) is 5.12. The number of hydrogen-bond acceptors (Lipinski definition) is 5. The number of ketones is 1. The quantitative estimate of drug-likeness (QED) is 0.501. The monoisotopic (exact) mass is 484 g/mol. The molecule has 2 aromatic rings. The molecule has 1 heterocycles. The summed E-state index contributed by atoms with van der Waals surface area (Å²) in [6, 6.07) is 14.9. The fraction of sp³-hybridized carbons (Fsp3) is 0.519. The average molecular weight is 485 g/mol. The highest BCUT2D eigenvalue weighted by atomic mass is 32.2. The maximum Gasteiger partial charge on any atom is 0.229 e. The van der Waals surface area contributed by atoms with E-state index in [0.29, 0.717) is 23.1 Å². The minimum atomic E-state index is -3.29. The Morgan fingerprint density at radius 3 is 2.09 bits per heavy atom. The van der Waals surface area contributed by atoms with Crippen molar-refractivity contribution >= 4 is 21.5 Å². The van der Waals surface area contributed by atoms with Crippen molar-refractivity contribution in [3.63, 3.8) is 0 Å². The topological polar surface area (TPSA) is 75.7 Å². The van der Waals surface area contributed by atoms with Crippen molar-refractivity contribution < 1.29 is 17.9 Å². The number of piperidine rings is 1. The van der Waals surface area contributed by atoms with Crippen molar-refractivity contribution in [2.75, 3.05) is 24.1 Å². The van der Waals surface area contributed by atoms with Crippen LogP contribution in [0.15, 0.2) is 48.5 Å². The van der Waals surface area contributed by atoms with E-state index in [4.69, 9.17) is 4.74 Å². The lowest BCUT2D eigenvalue weighted by Gasteiger charge is -2.32. The normalized spacial score (nSPS) is 18.5. The summed E-state index contributed by atoms with van der Waals surface area (Å²) in [7, 11) is -3.29. The van der Waals surface area contributed by atoms with Gasteiger partial charge in [0.2, 0.25) is 10.0 Å². The Balaban J connectivity index is 1.21. The van der Waals surface area contributed by atoms with E-state index in [2.05, 4.69) is 21.8 Å². The lowest BCUT2D eigenvalue weighted by Crippen LogP contribution is -2.36. The SMILES string of the molecule is CS(=O)(=O)Nc1ccc(Oc2ccc(CN3CCC(C(=O)CC4CCCCC4)CC3)cc2)cc1. The van der Waals surface area contributed by atoms with E-state index in [-0.39, 0.29) is 5.92 Å². The van der Waals surface area contributed by atoms with E-state index in [1.54, 1.807) is 24.3 Å². The van der Waals surface area contributed by atoms with Gasteiger partial charge in [0.05, 0.1) is 6.26 Å². The van der Waals surface area contributed by atoms with Gasteiger partial charge >= 0.3 is 0 Å². The second kappa shape index (κ2) is 11.4. The zero-order valence-corrected chi connectivity index (χ0v) is 20.9. The first-order valence-corrected chi connectivity index (χ1v) is 14.3. The van der Waals surface area contributed by atoms with E-state index < -0.39 is 10.0 Å². The number of likely N-dealkylation sites (tertiary alicyclic amines) is 1. The molecule has 0 amide bonds. The molecule has 184 valence electrons. The minimum Gasteiger partial charge on any atom is -0.457 e. The molecular formula is C27H36N2O4S. The number of ether oxygens (including phenoxy) is 1. The first-order valence-electron chi connectivity index (χ1n) is 12.4. The van der Waals surface area contributed by atoms with E-state index >= 15 is 0 Å². The van der Waals surface area contributed by atoms with Crippen LogP contribution in [0.1, 0.15) is 56.9 Å². The molecular weight excluding hydrogens is 448 g/mol. The third-order valence-corrected chi connectivity index (χ3v) is 7.59. The van der Waals surface area contributed by atoms with Crippen LogP contribution in [0.5, 0.6) is 11.5 Å².